The van der Waals surface area contributed by atoms with Gasteiger partial charge in [0, 0.05) is 16.9 Å². The summed E-state index contributed by atoms with van der Waals surface area (Å²) < 4.78 is 53.6. The normalized spacial score (nSPS) is 18.9. The summed E-state index contributed by atoms with van der Waals surface area (Å²) >= 11 is 1.55. The van der Waals surface area contributed by atoms with Gasteiger partial charge in [0.2, 0.25) is 0 Å². The molecule has 29 heavy (non-hydrogen) atoms. The van der Waals surface area contributed by atoms with Gasteiger partial charge >= 0.3 is 0 Å². The quantitative estimate of drug-likeness (QED) is 0.563. The molecule has 2 heterocycles. The van der Waals surface area contributed by atoms with Gasteiger partial charge in [-0.05, 0) is 31.2 Å². The minimum Gasteiger partial charge on any atom is -0.493 e. The van der Waals surface area contributed by atoms with Gasteiger partial charge in [-0.2, -0.15) is 10.6 Å². The van der Waals surface area contributed by atoms with Crippen molar-refractivity contribution in [1.82, 2.24) is 4.98 Å². The van der Waals surface area contributed by atoms with Crippen molar-refractivity contribution < 1.29 is 22.3 Å². The summed E-state index contributed by atoms with van der Waals surface area (Å²) in [4.78, 5) is 5.74. The molecule has 0 radical (unpaired) electrons. The van der Waals surface area contributed by atoms with E-state index >= 15 is 0 Å². The predicted octanol–water partition coefficient (Wildman–Crippen LogP) is 4.71. The van der Waals surface area contributed by atoms with Crippen molar-refractivity contribution in [1.29, 1.82) is 0 Å². The van der Waals surface area contributed by atoms with Crippen LogP contribution in [0.25, 0.3) is 0 Å². The van der Waals surface area contributed by atoms with E-state index in [0.717, 1.165) is 10.6 Å². The van der Waals surface area contributed by atoms with E-state index in [4.69, 9.17) is 4.74 Å². The third-order valence-corrected chi connectivity index (χ3v) is 10.1. The molecule has 0 fully saturated rings. The second-order valence-electron chi connectivity index (χ2n) is 6.81. The molecule has 6 nitrogen and oxygen atoms in total. The lowest BCUT2D eigenvalue weighted by atomic mass is 10.1. The predicted molar refractivity (Wildman–Crippen MR) is 115 cm³/mol. The molecule has 2 N–H and O–H groups in total. The summed E-state index contributed by atoms with van der Waals surface area (Å²) in [5, 5.41) is -1.06. The Hall–Kier alpha value is -1.91. The summed E-state index contributed by atoms with van der Waals surface area (Å²) in [7, 11) is -7.02. The fourth-order valence-electron chi connectivity index (χ4n) is 3.48. The van der Waals surface area contributed by atoms with Crippen molar-refractivity contribution in [3.63, 3.8) is 0 Å². The molecule has 1 atom stereocenters. The molecule has 0 saturated carbocycles. The smallest absolute Gasteiger partial charge is 0.187 e. The Morgan fingerprint density at radius 2 is 1.93 bits per heavy atom. The topological polar surface area (TPSA) is 96.7 Å². The first kappa shape index (κ1) is 20.4. The molecular formula is C20H21NO5S3. The number of thiazole rings is 1. The maximum absolute atomic E-state index is 13.3. The Kier molecular flexibility index (Phi) is 5.43. The molecule has 0 spiro atoms. The lowest BCUT2D eigenvalue weighted by Crippen LogP contribution is -2.16. The van der Waals surface area contributed by atoms with Crippen molar-refractivity contribution in [2.24, 2.45) is 0 Å². The summed E-state index contributed by atoms with van der Waals surface area (Å²) in [6.07, 6.45) is 0.645. The van der Waals surface area contributed by atoms with Gasteiger partial charge < -0.3 is 4.74 Å². The maximum Gasteiger partial charge on any atom is 0.187 e. The lowest BCUT2D eigenvalue weighted by Gasteiger charge is -2.27. The Labute approximate surface area is 175 Å². The maximum atomic E-state index is 13.3. The molecule has 4 rings (SSSR count). The number of benzene rings is 2. The minimum absolute atomic E-state index is 0.156. The zero-order valence-electron chi connectivity index (χ0n) is 15.7. The molecule has 1 aliphatic heterocycles. The van der Waals surface area contributed by atoms with E-state index in [0.29, 0.717) is 24.3 Å². The fraction of sp³-hybridized carbons (Fsp3) is 0.250. The molecule has 0 bridgehead atoms. The van der Waals surface area contributed by atoms with Crippen LogP contribution in [0.5, 0.6) is 5.75 Å². The van der Waals surface area contributed by atoms with E-state index in [9.17, 15) is 17.5 Å². The van der Waals surface area contributed by atoms with Crippen molar-refractivity contribution in [3.05, 3.63) is 70.2 Å². The number of hydrogen-bond acceptors (Lipinski definition) is 7. The summed E-state index contributed by atoms with van der Waals surface area (Å²) in [5.41, 5.74) is 3.09. The van der Waals surface area contributed by atoms with Gasteiger partial charge in [-0.25, -0.2) is 13.4 Å². The molecule has 154 valence electrons. The van der Waals surface area contributed by atoms with Crippen LogP contribution in [-0.4, -0.2) is 34.9 Å². The van der Waals surface area contributed by atoms with E-state index in [1.165, 1.54) is 12.1 Å². The first-order valence-corrected chi connectivity index (χ1v) is 13.1. The number of fused-ring (bicyclic) bond motifs is 1. The highest BCUT2D eigenvalue weighted by molar-refractivity contribution is 8.25. The first-order chi connectivity index (χ1) is 13.8. The van der Waals surface area contributed by atoms with Gasteiger partial charge in [0.25, 0.3) is 0 Å². The van der Waals surface area contributed by atoms with Crippen LogP contribution >= 0.6 is 21.9 Å². The van der Waals surface area contributed by atoms with Crippen LogP contribution in [0.4, 0.5) is 0 Å². The van der Waals surface area contributed by atoms with Gasteiger partial charge in [0.15, 0.2) is 9.84 Å². The van der Waals surface area contributed by atoms with E-state index in [1.54, 1.807) is 53.2 Å². The van der Waals surface area contributed by atoms with Crippen molar-refractivity contribution >= 4 is 31.8 Å². The zero-order valence-corrected chi connectivity index (χ0v) is 18.1. The van der Waals surface area contributed by atoms with Gasteiger partial charge in [0.1, 0.15) is 11.0 Å². The van der Waals surface area contributed by atoms with Gasteiger partial charge in [-0.3, -0.25) is 9.11 Å². The first-order valence-electron chi connectivity index (χ1n) is 9.00. The number of rotatable bonds is 6. The second-order valence-corrected chi connectivity index (χ2v) is 12.0. The average Bonchev–Trinajstić information content (AvgIpc) is 3.24. The van der Waals surface area contributed by atoms with Crippen LogP contribution in [0.2, 0.25) is 0 Å². The number of aromatic nitrogens is 1. The molecule has 0 saturated heterocycles. The molecule has 0 aliphatic carbocycles. The van der Waals surface area contributed by atoms with E-state index in [2.05, 4.69) is 4.98 Å². The molecule has 3 aromatic rings. The fourth-order valence-corrected chi connectivity index (χ4v) is 8.68. The largest absolute Gasteiger partial charge is 0.493 e. The Bertz CT molecular complexity index is 1130. The minimum atomic E-state index is -3.81. The molecule has 2 aromatic carbocycles. The number of aryl methyl sites for hydroxylation is 1. The van der Waals surface area contributed by atoms with Gasteiger partial charge in [-0.15, -0.1) is 11.3 Å². The number of ether oxygens (including phenoxy) is 1. The van der Waals surface area contributed by atoms with Crippen LogP contribution in [0.15, 0.2) is 63.8 Å². The monoisotopic (exact) mass is 451 g/mol. The summed E-state index contributed by atoms with van der Waals surface area (Å²) in [5.74, 6) is 0.125. The second kappa shape index (κ2) is 7.73. The standard InChI is InChI=1S/C20H21NO5S3/c1-14-17(27-13-21-14)10-11-26-16-8-5-9-18-20(16)19(12-28(18,22)23)29(24,25)15-6-3-2-4-7-15/h2-9,13,19,22-23H,10-12H2,1H3. The average molecular weight is 452 g/mol. The molecular weight excluding hydrogens is 430 g/mol. The molecule has 1 aliphatic rings. The van der Waals surface area contributed by atoms with E-state index < -0.39 is 25.7 Å². The van der Waals surface area contributed by atoms with Crippen molar-refractivity contribution in [3.8, 4) is 5.75 Å². The third-order valence-electron chi connectivity index (χ3n) is 4.96. The Balaban J connectivity index is 1.68. The van der Waals surface area contributed by atoms with Crippen LogP contribution < -0.4 is 4.74 Å². The lowest BCUT2D eigenvalue weighted by molar-refractivity contribution is 0.318. The van der Waals surface area contributed by atoms with Gasteiger partial charge in [-0.1, -0.05) is 24.3 Å². The van der Waals surface area contributed by atoms with E-state index in [1.807, 2.05) is 6.92 Å². The SMILES string of the molecule is Cc1ncsc1CCOc1cccc2c1C(S(=O)(=O)c1ccccc1)CS2(O)O. The molecule has 0 amide bonds. The van der Waals surface area contributed by atoms with Gasteiger partial charge in [0.05, 0.1) is 33.4 Å². The Morgan fingerprint density at radius 3 is 2.62 bits per heavy atom. The highest BCUT2D eigenvalue weighted by atomic mass is 32.3. The Morgan fingerprint density at radius 1 is 1.17 bits per heavy atom. The molecule has 9 heteroatoms. The summed E-state index contributed by atoms with van der Waals surface area (Å²) in [6, 6.07) is 13.0. The van der Waals surface area contributed by atoms with E-state index in [-0.39, 0.29) is 15.5 Å². The highest BCUT2D eigenvalue weighted by Gasteiger charge is 2.45. The number of nitrogens with zero attached hydrogens (tertiary/aromatic N) is 1. The van der Waals surface area contributed by atoms with Crippen LogP contribution in [0.3, 0.4) is 0 Å². The third kappa shape index (κ3) is 3.80. The summed E-state index contributed by atoms with van der Waals surface area (Å²) in [6.45, 7) is 2.28. The molecule has 1 unspecified atom stereocenters. The van der Waals surface area contributed by atoms with Crippen molar-refractivity contribution in [2.45, 2.75) is 28.4 Å². The van der Waals surface area contributed by atoms with Crippen LogP contribution in [0, 0.1) is 6.92 Å². The number of hydrogen-bond donors (Lipinski definition) is 2. The molecule has 1 aromatic heterocycles. The zero-order chi connectivity index (χ0) is 20.6. The highest BCUT2D eigenvalue weighted by Crippen LogP contribution is 2.63. The number of sulfone groups is 1. The van der Waals surface area contributed by atoms with Crippen LogP contribution in [-0.2, 0) is 16.3 Å². The van der Waals surface area contributed by atoms with Crippen LogP contribution in [0.1, 0.15) is 21.4 Å². The van der Waals surface area contributed by atoms with Crippen molar-refractivity contribution in [2.75, 3.05) is 12.4 Å².